The van der Waals surface area contributed by atoms with Crippen molar-refractivity contribution in [3.63, 3.8) is 0 Å². The molecule has 32 heavy (non-hydrogen) atoms. The third-order valence-electron chi connectivity index (χ3n) is 5.84. The SMILES string of the molecule is Cn1cc(C2CC2C(=O)Nc2cc3cc(-c4cnccc4CCO)nc(N)c3cn2)cn1. The predicted octanol–water partition coefficient (Wildman–Crippen LogP) is 2.28. The average molecular weight is 429 g/mol. The van der Waals surface area contributed by atoms with E-state index in [-0.39, 0.29) is 24.3 Å². The number of anilines is 2. The van der Waals surface area contributed by atoms with Crippen molar-refractivity contribution in [2.75, 3.05) is 17.7 Å². The van der Waals surface area contributed by atoms with Crippen molar-refractivity contribution in [3.8, 4) is 11.3 Å². The van der Waals surface area contributed by atoms with Crippen molar-refractivity contribution in [3.05, 3.63) is 60.3 Å². The zero-order valence-corrected chi connectivity index (χ0v) is 17.6. The van der Waals surface area contributed by atoms with Gasteiger partial charge in [0.2, 0.25) is 5.91 Å². The quantitative estimate of drug-likeness (QED) is 0.428. The second kappa shape index (κ2) is 8.01. The van der Waals surface area contributed by atoms with Crippen LogP contribution in [0, 0.1) is 5.92 Å². The molecule has 0 aromatic carbocycles. The molecule has 5 rings (SSSR count). The maximum Gasteiger partial charge on any atom is 0.229 e. The number of aliphatic hydroxyl groups excluding tert-OH is 1. The number of fused-ring (bicyclic) bond motifs is 1. The predicted molar refractivity (Wildman–Crippen MR) is 121 cm³/mol. The fraction of sp³-hybridized carbons (Fsp3) is 0.261. The molecule has 0 saturated heterocycles. The third kappa shape index (κ3) is 3.78. The number of nitrogens with one attached hydrogen (secondary N) is 1. The van der Waals surface area contributed by atoms with Crippen LogP contribution >= 0.6 is 0 Å². The molecule has 9 nitrogen and oxygen atoms in total. The first-order valence-electron chi connectivity index (χ1n) is 10.4. The third-order valence-corrected chi connectivity index (χ3v) is 5.84. The molecule has 4 heterocycles. The first-order chi connectivity index (χ1) is 15.5. The molecule has 2 unspecified atom stereocenters. The van der Waals surface area contributed by atoms with Crippen LogP contribution in [0.2, 0.25) is 0 Å². The summed E-state index contributed by atoms with van der Waals surface area (Å²) in [6.07, 6.45) is 10.1. The Bertz CT molecular complexity index is 1320. The number of nitrogens with zero attached hydrogens (tertiary/aromatic N) is 5. The second-order valence-corrected chi connectivity index (χ2v) is 8.08. The van der Waals surface area contributed by atoms with E-state index in [0.29, 0.717) is 29.1 Å². The zero-order valence-electron chi connectivity index (χ0n) is 17.6. The highest BCUT2D eigenvalue weighted by Gasteiger charge is 2.44. The van der Waals surface area contributed by atoms with E-state index in [2.05, 4.69) is 25.4 Å². The van der Waals surface area contributed by atoms with Gasteiger partial charge in [0.15, 0.2) is 0 Å². The Labute approximate surface area is 184 Å². The van der Waals surface area contributed by atoms with Gasteiger partial charge in [0.1, 0.15) is 11.6 Å². The minimum atomic E-state index is -0.0776. The summed E-state index contributed by atoms with van der Waals surface area (Å²) >= 11 is 0. The number of amides is 1. The van der Waals surface area contributed by atoms with Crippen molar-refractivity contribution >= 4 is 28.3 Å². The number of carbonyl (C=O) groups excluding carboxylic acids is 1. The Balaban J connectivity index is 1.41. The molecule has 2 atom stereocenters. The normalized spacial score (nSPS) is 17.4. The second-order valence-electron chi connectivity index (χ2n) is 8.08. The first kappa shape index (κ1) is 20.1. The Morgan fingerprint density at radius 2 is 2.19 bits per heavy atom. The summed E-state index contributed by atoms with van der Waals surface area (Å²) in [4.78, 5) is 25.8. The van der Waals surface area contributed by atoms with E-state index in [1.165, 1.54) is 0 Å². The number of rotatable bonds is 6. The monoisotopic (exact) mass is 429 g/mol. The molecule has 4 aromatic heterocycles. The summed E-state index contributed by atoms with van der Waals surface area (Å²) in [5.74, 6) is 0.890. The Morgan fingerprint density at radius 1 is 1.31 bits per heavy atom. The lowest BCUT2D eigenvalue weighted by Gasteiger charge is -2.11. The molecule has 9 heteroatoms. The van der Waals surface area contributed by atoms with Gasteiger partial charge in [-0.2, -0.15) is 5.10 Å². The molecule has 1 saturated carbocycles. The Morgan fingerprint density at radius 3 is 2.97 bits per heavy atom. The van der Waals surface area contributed by atoms with Gasteiger partial charge in [-0.25, -0.2) is 9.97 Å². The van der Waals surface area contributed by atoms with Gasteiger partial charge in [-0.15, -0.1) is 0 Å². The van der Waals surface area contributed by atoms with Crippen LogP contribution in [-0.2, 0) is 18.3 Å². The van der Waals surface area contributed by atoms with Crippen LogP contribution in [0.4, 0.5) is 11.6 Å². The van der Waals surface area contributed by atoms with Gasteiger partial charge in [0.05, 0.1) is 11.9 Å². The lowest BCUT2D eigenvalue weighted by molar-refractivity contribution is -0.117. The molecule has 0 bridgehead atoms. The molecule has 1 fully saturated rings. The van der Waals surface area contributed by atoms with E-state index in [1.54, 1.807) is 29.3 Å². The minimum Gasteiger partial charge on any atom is -0.396 e. The first-order valence-corrected chi connectivity index (χ1v) is 10.4. The molecular formula is C23H23N7O2. The fourth-order valence-electron chi connectivity index (χ4n) is 4.08. The van der Waals surface area contributed by atoms with E-state index < -0.39 is 0 Å². The Hall–Kier alpha value is -3.85. The van der Waals surface area contributed by atoms with E-state index in [1.807, 2.05) is 31.6 Å². The smallest absolute Gasteiger partial charge is 0.229 e. The lowest BCUT2D eigenvalue weighted by Crippen LogP contribution is -2.15. The van der Waals surface area contributed by atoms with Gasteiger partial charge in [0, 0.05) is 55.3 Å². The van der Waals surface area contributed by atoms with Gasteiger partial charge < -0.3 is 16.2 Å². The number of hydrogen-bond donors (Lipinski definition) is 3. The van der Waals surface area contributed by atoms with Crippen molar-refractivity contribution in [1.82, 2.24) is 24.7 Å². The highest BCUT2D eigenvalue weighted by atomic mass is 16.3. The lowest BCUT2D eigenvalue weighted by atomic mass is 10.0. The van der Waals surface area contributed by atoms with Crippen LogP contribution in [0.3, 0.4) is 0 Å². The van der Waals surface area contributed by atoms with Crippen molar-refractivity contribution in [2.24, 2.45) is 13.0 Å². The molecule has 1 amide bonds. The number of nitrogen functional groups attached to an aromatic ring is 1. The maximum absolute atomic E-state index is 12.7. The number of pyridine rings is 3. The minimum absolute atomic E-state index is 0.0291. The number of aliphatic hydroxyl groups is 1. The molecule has 0 aliphatic heterocycles. The summed E-state index contributed by atoms with van der Waals surface area (Å²) in [7, 11) is 1.87. The molecule has 1 aliphatic rings. The van der Waals surface area contributed by atoms with Crippen LogP contribution in [-0.4, -0.2) is 42.4 Å². The number of aryl methyl sites for hydroxylation is 1. The number of nitrogens with two attached hydrogens (primary N) is 1. The highest BCUT2D eigenvalue weighted by Crippen LogP contribution is 2.47. The largest absolute Gasteiger partial charge is 0.396 e. The van der Waals surface area contributed by atoms with Gasteiger partial charge >= 0.3 is 0 Å². The van der Waals surface area contributed by atoms with Crippen LogP contribution in [0.15, 0.2) is 49.2 Å². The summed E-state index contributed by atoms with van der Waals surface area (Å²) in [6.45, 7) is 0.0291. The van der Waals surface area contributed by atoms with Crippen molar-refractivity contribution < 1.29 is 9.90 Å². The summed E-state index contributed by atoms with van der Waals surface area (Å²) in [5.41, 5.74) is 9.69. The summed E-state index contributed by atoms with van der Waals surface area (Å²) in [5, 5.41) is 18.0. The molecule has 0 spiro atoms. The van der Waals surface area contributed by atoms with Crippen molar-refractivity contribution in [1.29, 1.82) is 0 Å². The number of carbonyl (C=O) groups is 1. The van der Waals surface area contributed by atoms with Crippen LogP contribution in [0.1, 0.15) is 23.5 Å². The van der Waals surface area contributed by atoms with E-state index in [9.17, 15) is 9.90 Å². The van der Waals surface area contributed by atoms with E-state index in [0.717, 1.165) is 28.5 Å². The number of hydrogen-bond acceptors (Lipinski definition) is 7. The summed E-state index contributed by atoms with van der Waals surface area (Å²) < 4.78 is 1.75. The molecule has 4 N–H and O–H groups in total. The van der Waals surface area contributed by atoms with Gasteiger partial charge in [-0.1, -0.05) is 0 Å². The topological polar surface area (TPSA) is 132 Å². The molecular weight excluding hydrogens is 406 g/mol. The Kier molecular flexibility index (Phi) is 5.02. The van der Waals surface area contributed by atoms with Gasteiger partial charge in [-0.05, 0) is 53.5 Å². The fourth-order valence-corrected chi connectivity index (χ4v) is 4.08. The average Bonchev–Trinajstić information content (AvgIpc) is 3.47. The van der Waals surface area contributed by atoms with Crippen LogP contribution < -0.4 is 11.1 Å². The van der Waals surface area contributed by atoms with Gasteiger partial charge in [0.25, 0.3) is 0 Å². The highest BCUT2D eigenvalue weighted by molar-refractivity contribution is 5.98. The molecule has 0 radical (unpaired) electrons. The van der Waals surface area contributed by atoms with Crippen LogP contribution in [0.25, 0.3) is 22.0 Å². The standard InChI is InChI=1S/C23H23N7O2/c1-30-12-15(9-27-30)16-8-17(16)23(32)29-21-7-14-6-20(28-22(24)19(14)11-26-21)18-10-25-4-2-13(18)3-5-31/h2,4,6-7,9-12,16-17,31H,3,5,8H2,1H3,(H2,24,28)(H,26,29,32). The molecule has 162 valence electrons. The van der Waals surface area contributed by atoms with Crippen molar-refractivity contribution in [2.45, 2.75) is 18.8 Å². The maximum atomic E-state index is 12.7. The van der Waals surface area contributed by atoms with Crippen LogP contribution in [0.5, 0.6) is 0 Å². The van der Waals surface area contributed by atoms with Gasteiger partial charge in [-0.3, -0.25) is 14.5 Å². The molecule has 4 aromatic rings. The van der Waals surface area contributed by atoms with E-state index >= 15 is 0 Å². The number of aromatic nitrogens is 5. The van der Waals surface area contributed by atoms with E-state index in [4.69, 9.17) is 5.73 Å². The summed E-state index contributed by atoms with van der Waals surface area (Å²) in [6, 6.07) is 5.56. The zero-order chi connectivity index (χ0) is 22.2. The molecule has 1 aliphatic carbocycles.